The van der Waals surface area contributed by atoms with Gasteiger partial charge in [0.05, 0.1) is 6.54 Å². The van der Waals surface area contributed by atoms with Crippen molar-refractivity contribution in [2.75, 3.05) is 10.2 Å². The zero-order valence-electron chi connectivity index (χ0n) is 18.2. The molecule has 32 heavy (non-hydrogen) atoms. The highest BCUT2D eigenvalue weighted by Crippen LogP contribution is 2.32. The predicted octanol–water partition coefficient (Wildman–Crippen LogP) is 3.43. The van der Waals surface area contributed by atoms with E-state index in [1.807, 2.05) is 55.5 Å². The van der Waals surface area contributed by atoms with Crippen LogP contribution in [0.1, 0.15) is 41.9 Å². The van der Waals surface area contributed by atoms with Crippen LogP contribution in [0.15, 0.2) is 65.5 Å². The zero-order chi connectivity index (χ0) is 22.7. The normalized spacial score (nSPS) is 14.8. The van der Waals surface area contributed by atoms with Crippen molar-refractivity contribution in [1.82, 2.24) is 9.78 Å². The van der Waals surface area contributed by atoms with Crippen LogP contribution < -0.4 is 15.8 Å². The van der Waals surface area contributed by atoms with E-state index in [0.717, 1.165) is 24.1 Å². The van der Waals surface area contributed by atoms with Gasteiger partial charge in [0, 0.05) is 29.9 Å². The van der Waals surface area contributed by atoms with Gasteiger partial charge in [0.2, 0.25) is 5.91 Å². The fourth-order valence-corrected chi connectivity index (χ4v) is 3.98. The van der Waals surface area contributed by atoms with Crippen molar-refractivity contribution in [3.63, 3.8) is 0 Å². The number of benzene rings is 2. The minimum atomic E-state index is -0.350. The molecule has 2 amide bonds. The van der Waals surface area contributed by atoms with Crippen molar-refractivity contribution in [3.8, 4) is 0 Å². The molecule has 3 aromatic rings. The second-order valence-electron chi connectivity index (χ2n) is 7.99. The smallest absolute Gasteiger partial charge is 0.278 e. The molecule has 0 saturated carbocycles. The second kappa shape index (κ2) is 9.18. The SMILES string of the molecule is CCc1ccc(NC(=O)CCn2nc(C(=O)N3c4ccccc4C[C@H]3C)ccc2=O)cc1. The number of amides is 2. The van der Waals surface area contributed by atoms with E-state index in [2.05, 4.69) is 17.3 Å². The molecule has 1 aliphatic rings. The Balaban J connectivity index is 1.45. The third-order valence-corrected chi connectivity index (χ3v) is 5.71. The Morgan fingerprint density at radius 2 is 1.81 bits per heavy atom. The van der Waals surface area contributed by atoms with Gasteiger partial charge >= 0.3 is 0 Å². The van der Waals surface area contributed by atoms with E-state index >= 15 is 0 Å². The van der Waals surface area contributed by atoms with Gasteiger partial charge < -0.3 is 10.2 Å². The number of anilines is 2. The molecular formula is C25H26N4O3. The Morgan fingerprint density at radius 3 is 2.56 bits per heavy atom. The fraction of sp³-hybridized carbons (Fsp3) is 0.280. The maximum atomic E-state index is 13.2. The zero-order valence-corrected chi connectivity index (χ0v) is 18.2. The first kappa shape index (κ1) is 21.5. The number of carbonyl (C=O) groups is 2. The molecule has 1 N–H and O–H groups in total. The summed E-state index contributed by atoms with van der Waals surface area (Å²) in [6.45, 7) is 4.15. The summed E-state index contributed by atoms with van der Waals surface area (Å²) < 4.78 is 1.18. The van der Waals surface area contributed by atoms with E-state index in [9.17, 15) is 14.4 Å². The summed E-state index contributed by atoms with van der Waals surface area (Å²) in [5.41, 5.74) is 3.72. The molecule has 7 heteroatoms. The summed E-state index contributed by atoms with van der Waals surface area (Å²) in [6, 6.07) is 18.2. The van der Waals surface area contributed by atoms with Gasteiger partial charge in [-0.2, -0.15) is 5.10 Å². The van der Waals surface area contributed by atoms with Crippen LogP contribution >= 0.6 is 0 Å². The van der Waals surface area contributed by atoms with Gasteiger partial charge in [-0.05, 0) is 55.2 Å². The van der Waals surface area contributed by atoms with Crippen molar-refractivity contribution >= 4 is 23.2 Å². The lowest BCUT2D eigenvalue weighted by atomic mass is 10.1. The molecule has 0 radical (unpaired) electrons. The Labute approximate surface area is 186 Å². The van der Waals surface area contributed by atoms with Crippen LogP contribution in [0.25, 0.3) is 0 Å². The van der Waals surface area contributed by atoms with Gasteiger partial charge in [0.15, 0.2) is 0 Å². The number of aryl methyl sites for hydroxylation is 2. The summed E-state index contributed by atoms with van der Waals surface area (Å²) in [5.74, 6) is -0.474. The predicted molar refractivity (Wildman–Crippen MR) is 124 cm³/mol. The van der Waals surface area contributed by atoms with E-state index in [0.29, 0.717) is 5.69 Å². The van der Waals surface area contributed by atoms with Crippen LogP contribution in [0.4, 0.5) is 11.4 Å². The largest absolute Gasteiger partial charge is 0.326 e. The third kappa shape index (κ3) is 4.46. The number of nitrogens with one attached hydrogen (secondary N) is 1. The van der Waals surface area contributed by atoms with Crippen molar-refractivity contribution < 1.29 is 9.59 Å². The number of hydrogen-bond donors (Lipinski definition) is 1. The quantitative estimate of drug-likeness (QED) is 0.649. The molecule has 0 aliphatic carbocycles. The second-order valence-corrected chi connectivity index (χ2v) is 7.99. The first-order chi connectivity index (χ1) is 15.5. The maximum Gasteiger partial charge on any atom is 0.278 e. The van der Waals surface area contributed by atoms with E-state index < -0.39 is 0 Å². The third-order valence-electron chi connectivity index (χ3n) is 5.71. The Morgan fingerprint density at radius 1 is 1.06 bits per heavy atom. The van der Waals surface area contributed by atoms with Crippen LogP contribution in [0.5, 0.6) is 0 Å². The Hall–Kier alpha value is -3.74. The summed E-state index contributed by atoms with van der Waals surface area (Å²) in [7, 11) is 0. The van der Waals surface area contributed by atoms with Crippen LogP contribution in [0.3, 0.4) is 0 Å². The molecule has 2 aromatic carbocycles. The van der Waals surface area contributed by atoms with Gasteiger partial charge in [-0.1, -0.05) is 37.3 Å². The standard InChI is InChI=1S/C25H26N4O3/c1-3-18-8-10-20(11-9-18)26-23(30)14-15-28-24(31)13-12-21(27-28)25(32)29-17(2)16-19-6-4-5-7-22(19)29/h4-13,17H,3,14-16H2,1-2H3,(H,26,30)/t17-/m1/s1. The van der Waals surface area contributed by atoms with Crippen LogP contribution in [-0.4, -0.2) is 27.6 Å². The van der Waals surface area contributed by atoms with Crippen LogP contribution in [0, 0.1) is 0 Å². The minimum Gasteiger partial charge on any atom is -0.326 e. The van der Waals surface area contributed by atoms with Gasteiger partial charge in [-0.3, -0.25) is 14.4 Å². The van der Waals surface area contributed by atoms with Crippen molar-refractivity contribution in [3.05, 3.63) is 87.8 Å². The summed E-state index contributed by atoms with van der Waals surface area (Å²) in [4.78, 5) is 39.5. The number of hydrogen-bond acceptors (Lipinski definition) is 4. The lowest BCUT2D eigenvalue weighted by molar-refractivity contribution is -0.116. The van der Waals surface area contributed by atoms with Gasteiger partial charge in [0.25, 0.3) is 11.5 Å². The van der Waals surface area contributed by atoms with E-state index in [1.54, 1.807) is 4.90 Å². The number of fused-ring (bicyclic) bond motifs is 1. The molecule has 0 spiro atoms. The van der Waals surface area contributed by atoms with Gasteiger partial charge in [-0.15, -0.1) is 0 Å². The summed E-state index contributed by atoms with van der Waals surface area (Å²) >= 11 is 0. The van der Waals surface area contributed by atoms with E-state index in [4.69, 9.17) is 0 Å². The van der Waals surface area contributed by atoms with Crippen molar-refractivity contribution in [2.24, 2.45) is 0 Å². The molecule has 7 nitrogen and oxygen atoms in total. The first-order valence-electron chi connectivity index (χ1n) is 10.8. The highest BCUT2D eigenvalue weighted by atomic mass is 16.2. The highest BCUT2D eigenvalue weighted by Gasteiger charge is 2.32. The minimum absolute atomic E-state index is 0.00644. The molecule has 0 unspecified atom stereocenters. The first-order valence-corrected chi connectivity index (χ1v) is 10.8. The molecular weight excluding hydrogens is 404 g/mol. The number of aromatic nitrogens is 2. The summed E-state index contributed by atoms with van der Waals surface area (Å²) in [5, 5.41) is 7.08. The van der Waals surface area contributed by atoms with Crippen molar-refractivity contribution in [1.29, 1.82) is 0 Å². The topological polar surface area (TPSA) is 84.3 Å². The average molecular weight is 431 g/mol. The molecule has 0 fully saturated rings. The molecule has 1 atom stereocenters. The number of para-hydroxylation sites is 1. The lowest BCUT2D eigenvalue weighted by Gasteiger charge is -2.22. The molecule has 2 heterocycles. The average Bonchev–Trinajstić information content (AvgIpc) is 3.14. The number of rotatable bonds is 6. The molecule has 4 rings (SSSR count). The molecule has 164 valence electrons. The molecule has 1 aromatic heterocycles. The summed E-state index contributed by atoms with van der Waals surface area (Å²) in [6.07, 6.45) is 1.78. The molecule has 1 aliphatic heterocycles. The Kier molecular flexibility index (Phi) is 6.16. The fourth-order valence-electron chi connectivity index (χ4n) is 3.98. The van der Waals surface area contributed by atoms with Crippen LogP contribution in [-0.2, 0) is 24.2 Å². The Bertz CT molecular complexity index is 1200. The van der Waals surface area contributed by atoms with Crippen LogP contribution in [0.2, 0.25) is 0 Å². The van der Waals surface area contributed by atoms with Gasteiger partial charge in [0.1, 0.15) is 5.69 Å². The van der Waals surface area contributed by atoms with Crippen molar-refractivity contribution in [2.45, 2.75) is 45.7 Å². The molecule has 0 saturated heterocycles. The molecule has 0 bridgehead atoms. The maximum absolute atomic E-state index is 13.2. The monoisotopic (exact) mass is 430 g/mol. The lowest BCUT2D eigenvalue weighted by Crippen LogP contribution is -2.37. The van der Waals surface area contributed by atoms with E-state index in [-0.39, 0.29) is 42.1 Å². The highest BCUT2D eigenvalue weighted by molar-refractivity contribution is 6.06. The van der Waals surface area contributed by atoms with Gasteiger partial charge in [-0.25, -0.2) is 4.68 Å². The number of carbonyl (C=O) groups excluding carboxylic acids is 2. The number of nitrogens with zero attached hydrogens (tertiary/aromatic N) is 3. The van der Waals surface area contributed by atoms with E-state index in [1.165, 1.54) is 22.4 Å².